The molecule has 2 heteroatoms. The minimum Gasteiger partial charge on any atom is -0.0927 e. The van der Waals surface area contributed by atoms with Crippen LogP contribution in [0.4, 0.5) is 0 Å². The van der Waals surface area contributed by atoms with Crippen molar-refractivity contribution in [3.63, 3.8) is 0 Å². The molecule has 0 radical (unpaired) electrons. The minimum atomic E-state index is 1.18. The van der Waals surface area contributed by atoms with E-state index >= 15 is 0 Å². The van der Waals surface area contributed by atoms with Crippen LogP contribution in [0, 0.1) is 0 Å². The maximum absolute atomic E-state index is 3.92. The van der Waals surface area contributed by atoms with Gasteiger partial charge < -0.3 is 0 Å². The van der Waals surface area contributed by atoms with Crippen molar-refractivity contribution in [1.29, 1.82) is 0 Å². The minimum absolute atomic E-state index is 1.18. The van der Waals surface area contributed by atoms with Crippen LogP contribution in [0.15, 0.2) is 11.5 Å². The first-order valence-corrected chi connectivity index (χ1v) is 5.75. The van der Waals surface area contributed by atoms with E-state index in [0.717, 1.165) is 0 Å². The number of unbranched alkanes of at least 4 members (excludes halogenated alkanes) is 1. The Morgan fingerprint density at radius 1 is 1.56 bits per heavy atom. The van der Waals surface area contributed by atoms with Gasteiger partial charge in [-0.15, -0.1) is 0 Å². The third kappa shape index (κ3) is 6.32. The standard InChI is InChI=1S/C7H14S2/c1-4-5-6-7(2)9-8-3/h2,4-6H2,1,3H3. The fourth-order valence-electron chi connectivity index (χ4n) is 0.533. The van der Waals surface area contributed by atoms with Crippen molar-refractivity contribution in [3.05, 3.63) is 11.5 Å². The molecule has 0 aliphatic rings. The van der Waals surface area contributed by atoms with Crippen LogP contribution in [-0.2, 0) is 0 Å². The Bertz CT molecular complexity index is 79.0. The van der Waals surface area contributed by atoms with E-state index in [0.29, 0.717) is 0 Å². The summed E-state index contributed by atoms with van der Waals surface area (Å²) in [5.41, 5.74) is 0. The van der Waals surface area contributed by atoms with Crippen molar-refractivity contribution in [3.8, 4) is 0 Å². The number of allylic oxidation sites excluding steroid dienone is 1. The lowest BCUT2D eigenvalue weighted by molar-refractivity contribution is 0.810. The zero-order valence-corrected chi connectivity index (χ0v) is 7.78. The van der Waals surface area contributed by atoms with E-state index in [4.69, 9.17) is 0 Å². The molecule has 0 amide bonds. The van der Waals surface area contributed by atoms with E-state index in [1.165, 1.54) is 24.2 Å². The third-order valence-corrected chi connectivity index (χ3v) is 2.82. The molecule has 0 saturated heterocycles. The lowest BCUT2D eigenvalue weighted by Gasteiger charge is -1.98. The molecule has 0 fully saturated rings. The molecule has 0 aromatic carbocycles. The molecular formula is C7H14S2. The molecule has 0 aliphatic heterocycles. The zero-order chi connectivity index (χ0) is 7.11. The Hall–Kier alpha value is 0.440. The Kier molecular flexibility index (Phi) is 6.88. The summed E-state index contributed by atoms with van der Waals surface area (Å²) in [4.78, 5) is 1.31. The Morgan fingerprint density at radius 3 is 2.67 bits per heavy atom. The average Bonchev–Trinajstić information content (AvgIpc) is 1.85. The first-order chi connectivity index (χ1) is 4.31. The highest BCUT2D eigenvalue weighted by Crippen LogP contribution is 2.29. The molecule has 0 heterocycles. The van der Waals surface area contributed by atoms with Gasteiger partial charge in [0.2, 0.25) is 0 Å². The van der Waals surface area contributed by atoms with Crippen LogP contribution in [0.5, 0.6) is 0 Å². The van der Waals surface area contributed by atoms with Gasteiger partial charge in [-0.3, -0.25) is 0 Å². The zero-order valence-electron chi connectivity index (χ0n) is 6.14. The predicted molar refractivity (Wildman–Crippen MR) is 49.8 cm³/mol. The quantitative estimate of drug-likeness (QED) is 0.565. The lowest BCUT2D eigenvalue weighted by Crippen LogP contribution is -1.72. The fourth-order valence-corrected chi connectivity index (χ4v) is 1.95. The summed E-state index contributed by atoms with van der Waals surface area (Å²) in [6.45, 7) is 6.13. The molecule has 0 rings (SSSR count). The van der Waals surface area contributed by atoms with Gasteiger partial charge in [-0.05, 0) is 24.0 Å². The largest absolute Gasteiger partial charge is 0.0927 e. The first-order valence-electron chi connectivity index (χ1n) is 3.19. The molecule has 9 heavy (non-hydrogen) atoms. The van der Waals surface area contributed by atoms with Gasteiger partial charge in [0.1, 0.15) is 0 Å². The van der Waals surface area contributed by atoms with Crippen molar-refractivity contribution in [2.45, 2.75) is 26.2 Å². The van der Waals surface area contributed by atoms with Gasteiger partial charge in [0, 0.05) is 0 Å². The highest BCUT2D eigenvalue weighted by atomic mass is 33.1. The summed E-state index contributed by atoms with van der Waals surface area (Å²) in [6, 6.07) is 0. The van der Waals surface area contributed by atoms with E-state index in [9.17, 15) is 0 Å². The number of hydrogen-bond donors (Lipinski definition) is 0. The number of rotatable bonds is 5. The monoisotopic (exact) mass is 162 g/mol. The van der Waals surface area contributed by atoms with Gasteiger partial charge in [0.25, 0.3) is 0 Å². The molecule has 0 aliphatic carbocycles. The molecule has 0 spiro atoms. The Balaban J connectivity index is 3.06. The molecular weight excluding hydrogens is 148 g/mol. The maximum atomic E-state index is 3.92. The molecule has 54 valence electrons. The second-order valence-electron chi connectivity index (χ2n) is 1.89. The highest BCUT2D eigenvalue weighted by Gasteiger charge is 1.91. The van der Waals surface area contributed by atoms with E-state index in [1.807, 2.05) is 0 Å². The van der Waals surface area contributed by atoms with E-state index in [-0.39, 0.29) is 0 Å². The summed E-state index contributed by atoms with van der Waals surface area (Å²) in [5, 5.41) is 0. The molecule has 0 aromatic rings. The van der Waals surface area contributed by atoms with E-state index in [1.54, 1.807) is 21.6 Å². The van der Waals surface area contributed by atoms with Crippen molar-refractivity contribution in [2.75, 3.05) is 6.26 Å². The molecule has 0 N–H and O–H groups in total. The summed E-state index contributed by atoms with van der Waals surface area (Å²) in [7, 11) is 3.57. The Labute approximate surface area is 65.9 Å². The maximum Gasteiger partial charge on any atom is -0.00758 e. The van der Waals surface area contributed by atoms with Crippen LogP contribution >= 0.6 is 21.6 Å². The second kappa shape index (κ2) is 6.56. The molecule has 0 nitrogen and oxygen atoms in total. The van der Waals surface area contributed by atoms with Gasteiger partial charge in [0.05, 0.1) is 0 Å². The topological polar surface area (TPSA) is 0 Å². The van der Waals surface area contributed by atoms with E-state index < -0.39 is 0 Å². The van der Waals surface area contributed by atoms with Gasteiger partial charge >= 0.3 is 0 Å². The molecule has 0 aromatic heterocycles. The normalized spacial score (nSPS) is 9.56. The van der Waals surface area contributed by atoms with E-state index in [2.05, 4.69) is 19.8 Å². The van der Waals surface area contributed by atoms with Crippen LogP contribution in [0.1, 0.15) is 26.2 Å². The van der Waals surface area contributed by atoms with Crippen molar-refractivity contribution in [2.24, 2.45) is 0 Å². The number of hydrogen-bond acceptors (Lipinski definition) is 2. The summed E-state index contributed by atoms with van der Waals surface area (Å²) >= 11 is 0. The van der Waals surface area contributed by atoms with Crippen LogP contribution in [-0.4, -0.2) is 6.26 Å². The third-order valence-electron chi connectivity index (χ3n) is 1.01. The molecule has 0 unspecified atom stereocenters. The predicted octanol–water partition coefficient (Wildman–Crippen LogP) is 3.70. The molecule has 0 atom stereocenters. The molecule has 0 bridgehead atoms. The van der Waals surface area contributed by atoms with Crippen molar-refractivity contribution >= 4 is 21.6 Å². The lowest BCUT2D eigenvalue weighted by atomic mass is 10.2. The van der Waals surface area contributed by atoms with Crippen molar-refractivity contribution < 1.29 is 0 Å². The van der Waals surface area contributed by atoms with Crippen molar-refractivity contribution in [1.82, 2.24) is 0 Å². The van der Waals surface area contributed by atoms with Gasteiger partial charge in [-0.2, -0.15) is 0 Å². The highest BCUT2D eigenvalue weighted by molar-refractivity contribution is 8.77. The fraction of sp³-hybridized carbons (Fsp3) is 0.714. The van der Waals surface area contributed by atoms with Gasteiger partial charge in [-0.25, -0.2) is 0 Å². The van der Waals surface area contributed by atoms with Gasteiger partial charge in [0.15, 0.2) is 0 Å². The van der Waals surface area contributed by atoms with Gasteiger partial charge in [-0.1, -0.05) is 41.5 Å². The van der Waals surface area contributed by atoms with Crippen LogP contribution in [0.2, 0.25) is 0 Å². The summed E-state index contributed by atoms with van der Waals surface area (Å²) in [5.74, 6) is 0. The van der Waals surface area contributed by atoms with Crippen LogP contribution < -0.4 is 0 Å². The average molecular weight is 162 g/mol. The summed E-state index contributed by atoms with van der Waals surface area (Å²) < 4.78 is 0. The first kappa shape index (κ1) is 9.44. The summed E-state index contributed by atoms with van der Waals surface area (Å²) in [6.07, 6.45) is 5.82. The van der Waals surface area contributed by atoms with Crippen LogP contribution in [0.3, 0.4) is 0 Å². The Morgan fingerprint density at radius 2 is 2.22 bits per heavy atom. The molecule has 0 saturated carbocycles. The SMILES string of the molecule is C=C(CCCC)SSC. The second-order valence-corrected chi connectivity index (χ2v) is 4.47. The van der Waals surface area contributed by atoms with Crippen LogP contribution in [0.25, 0.3) is 0 Å². The smallest absolute Gasteiger partial charge is 0.00758 e.